The Balaban J connectivity index is 1.55. The molecule has 134 valence electrons. The van der Waals surface area contributed by atoms with E-state index in [1.807, 2.05) is 31.2 Å². The van der Waals surface area contributed by atoms with Crippen molar-refractivity contribution in [3.8, 4) is 11.3 Å². The summed E-state index contributed by atoms with van der Waals surface area (Å²) in [6.07, 6.45) is 0. The van der Waals surface area contributed by atoms with Gasteiger partial charge in [-0.25, -0.2) is 4.98 Å². The minimum absolute atomic E-state index is 0.164. The first-order valence-corrected chi connectivity index (χ1v) is 8.60. The lowest BCUT2D eigenvalue weighted by Crippen LogP contribution is -2.25. The number of primary amides is 1. The third-order valence-corrected chi connectivity index (χ3v) is 5.46. The fraction of sp³-hybridized carbons (Fsp3) is 0.368. The van der Waals surface area contributed by atoms with E-state index in [2.05, 4.69) is 14.9 Å². The van der Waals surface area contributed by atoms with Crippen LogP contribution in [-0.2, 0) is 4.79 Å². The SMILES string of the molecule is Cc1nc(C)c(-c2ccc(N3C[C@@H]4[C@H](C3)[C@H]4C(=O)O)cc2)nc1C(N)=O. The largest absolute Gasteiger partial charge is 0.481 e. The van der Waals surface area contributed by atoms with Gasteiger partial charge in [0.2, 0.25) is 0 Å². The first kappa shape index (κ1) is 16.5. The normalized spacial score (nSPS) is 23.6. The molecule has 1 amide bonds. The van der Waals surface area contributed by atoms with E-state index in [1.54, 1.807) is 6.92 Å². The number of carbonyl (C=O) groups is 2. The van der Waals surface area contributed by atoms with Crippen molar-refractivity contribution < 1.29 is 14.7 Å². The molecule has 1 saturated heterocycles. The van der Waals surface area contributed by atoms with Crippen molar-refractivity contribution in [3.63, 3.8) is 0 Å². The second kappa shape index (κ2) is 5.79. The summed E-state index contributed by atoms with van der Waals surface area (Å²) < 4.78 is 0. The fourth-order valence-corrected chi connectivity index (χ4v) is 4.07. The van der Waals surface area contributed by atoms with E-state index >= 15 is 0 Å². The summed E-state index contributed by atoms with van der Waals surface area (Å²) in [6, 6.07) is 7.90. The highest BCUT2D eigenvalue weighted by Crippen LogP contribution is 2.52. The molecule has 1 saturated carbocycles. The molecule has 7 heteroatoms. The van der Waals surface area contributed by atoms with Gasteiger partial charge in [-0.3, -0.25) is 14.6 Å². The molecular formula is C19H20N4O3. The molecule has 2 fully saturated rings. The molecule has 1 aliphatic heterocycles. The van der Waals surface area contributed by atoms with Gasteiger partial charge >= 0.3 is 5.97 Å². The molecule has 7 nitrogen and oxygen atoms in total. The maximum atomic E-state index is 11.5. The monoisotopic (exact) mass is 352 g/mol. The molecule has 0 radical (unpaired) electrons. The molecule has 0 spiro atoms. The number of aryl methyl sites for hydroxylation is 2. The van der Waals surface area contributed by atoms with Gasteiger partial charge in [0.1, 0.15) is 5.69 Å². The van der Waals surface area contributed by atoms with Gasteiger partial charge in [-0.1, -0.05) is 12.1 Å². The van der Waals surface area contributed by atoms with Crippen LogP contribution >= 0.6 is 0 Å². The highest BCUT2D eigenvalue weighted by Gasteiger charge is 2.59. The Bertz CT molecular complexity index is 898. The summed E-state index contributed by atoms with van der Waals surface area (Å²) in [5.74, 6) is -0.875. The number of amides is 1. The van der Waals surface area contributed by atoms with E-state index in [-0.39, 0.29) is 23.4 Å². The number of piperidine rings is 1. The van der Waals surface area contributed by atoms with Gasteiger partial charge in [0.15, 0.2) is 0 Å². The molecule has 2 aromatic rings. The highest BCUT2D eigenvalue weighted by atomic mass is 16.4. The standard InChI is InChI=1S/C19H20N4O3/c1-9-16(22-17(18(20)24)10(2)21-9)11-3-5-12(6-4-11)23-7-13-14(8-23)15(13)19(25)26/h3-6,13-15H,7-8H2,1-2H3,(H2,20,24)(H,25,26)/t13-,14+,15+. The second-order valence-electron chi connectivity index (χ2n) is 7.10. The molecule has 2 aliphatic rings. The van der Waals surface area contributed by atoms with Crippen molar-refractivity contribution in [3.05, 3.63) is 41.3 Å². The summed E-state index contributed by atoms with van der Waals surface area (Å²) in [5, 5.41) is 9.12. The maximum absolute atomic E-state index is 11.5. The van der Waals surface area contributed by atoms with Crippen LogP contribution in [0.2, 0.25) is 0 Å². The topological polar surface area (TPSA) is 109 Å². The van der Waals surface area contributed by atoms with Crippen LogP contribution < -0.4 is 10.6 Å². The number of carboxylic acids is 1. The third-order valence-electron chi connectivity index (χ3n) is 5.46. The number of anilines is 1. The van der Waals surface area contributed by atoms with Crippen molar-refractivity contribution >= 4 is 17.6 Å². The van der Waals surface area contributed by atoms with Crippen LogP contribution in [0.3, 0.4) is 0 Å². The average Bonchev–Trinajstić information content (AvgIpc) is 3.10. The number of nitrogens with zero attached hydrogens (tertiary/aromatic N) is 3. The number of benzene rings is 1. The zero-order valence-corrected chi connectivity index (χ0v) is 14.6. The number of aliphatic carboxylic acids is 1. The Morgan fingerprint density at radius 2 is 1.69 bits per heavy atom. The highest BCUT2D eigenvalue weighted by molar-refractivity contribution is 5.92. The Labute approximate surface area is 150 Å². The van der Waals surface area contributed by atoms with Gasteiger partial charge < -0.3 is 15.7 Å². The summed E-state index contributed by atoms with van der Waals surface area (Å²) >= 11 is 0. The third kappa shape index (κ3) is 2.60. The van der Waals surface area contributed by atoms with Gasteiger partial charge in [-0.15, -0.1) is 0 Å². The van der Waals surface area contributed by atoms with Gasteiger partial charge in [-0.05, 0) is 37.8 Å². The summed E-state index contributed by atoms with van der Waals surface area (Å²) in [5.41, 5.74) is 9.42. The van der Waals surface area contributed by atoms with E-state index in [9.17, 15) is 9.59 Å². The van der Waals surface area contributed by atoms with Crippen LogP contribution in [-0.4, -0.2) is 40.0 Å². The summed E-state index contributed by atoms with van der Waals surface area (Å²) in [4.78, 5) is 33.6. The molecular weight excluding hydrogens is 332 g/mol. The number of rotatable bonds is 4. The molecule has 0 unspecified atom stereocenters. The van der Waals surface area contributed by atoms with Gasteiger partial charge in [-0.2, -0.15) is 0 Å². The number of carboxylic acid groups (broad SMARTS) is 1. The molecule has 1 aromatic heterocycles. The number of aromatic nitrogens is 2. The summed E-state index contributed by atoms with van der Waals surface area (Å²) in [6.45, 7) is 5.15. The molecule has 26 heavy (non-hydrogen) atoms. The molecule has 2 heterocycles. The number of nitrogens with two attached hydrogens (primary N) is 1. The Kier molecular flexibility index (Phi) is 3.68. The van der Waals surface area contributed by atoms with Crippen molar-refractivity contribution in [1.29, 1.82) is 0 Å². The molecule has 1 aliphatic carbocycles. The second-order valence-corrected chi connectivity index (χ2v) is 7.10. The van der Waals surface area contributed by atoms with Crippen LogP contribution in [0.15, 0.2) is 24.3 Å². The van der Waals surface area contributed by atoms with Gasteiger partial charge in [0.05, 0.1) is 23.0 Å². The summed E-state index contributed by atoms with van der Waals surface area (Å²) in [7, 11) is 0. The fourth-order valence-electron chi connectivity index (χ4n) is 4.07. The Morgan fingerprint density at radius 3 is 2.23 bits per heavy atom. The smallest absolute Gasteiger partial charge is 0.307 e. The van der Waals surface area contributed by atoms with Crippen LogP contribution in [0.1, 0.15) is 21.9 Å². The molecule has 1 aromatic carbocycles. The first-order valence-electron chi connectivity index (χ1n) is 8.60. The maximum Gasteiger partial charge on any atom is 0.307 e. The number of carbonyl (C=O) groups excluding carboxylic acids is 1. The van der Waals surface area contributed by atoms with Crippen molar-refractivity contribution in [2.24, 2.45) is 23.5 Å². The van der Waals surface area contributed by atoms with Crippen LogP contribution in [0.4, 0.5) is 5.69 Å². The van der Waals surface area contributed by atoms with Gasteiger partial charge in [0, 0.05) is 24.3 Å². The minimum Gasteiger partial charge on any atom is -0.481 e. The predicted molar refractivity (Wildman–Crippen MR) is 95.8 cm³/mol. The molecule has 0 bridgehead atoms. The van der Waals surface area contributed by atoms with Gasteiger partial charge in [0.25, 0.3) is 5.91 Å². The lowest BCUT2D eigenvalue weighted by molar-refractivity contribution is -0.139. The van der Waals surface area contributed by atoms with Crippen LogP contribution in [0.5, 0.6) is 0 Å². The first-order chi connectivity index (χ1) is 12.4. The Hall–Kier alpha value is -2.96. The lowest BCUT2D eigenvalue weighted by atomic mass is 10.1. The van der Waals surface area contributed by atoms with Crippen LogP contribution in [0, 0.1) is 31.6 Å². The Morgan fingerprint density at radius 1 is 1.08 bits per heavy atom. The van der Waals surface area contributed by atoms with Crippen LogP contribution in [0.25, 0.3) is 11.3 Å². The molecule has 3 N–H and O–H groups in total. The van der Waals surface area contributed by atoms with E-state index in [0.29, 0.717) is 11.4 Å². The van der Waals surface area contributed by atoms with E-state index in [4.69, 9.17) is 10.8 Å². The lowest BCUT2D eigenvalue weighted by Gasteiger charge is -2.21. The van der Waals surface area contributed by atoms with Crippen molar-refractivity contribution in [2.75, 3.05) is 18.0 Å². The van der Waals surface area contributed by atoms with E-state index in [1.165, 1.54) is 0 Å². The molecule has 4 rings (SSSR count). The van der Waals surface area contributed by atoms with Crippen molar-refractivity contribution in [1.82, 2.24) is 9.97 Å². The van der Waals surface area contributed by atoms with Crippen molar-refractivity contribution in [2.45, 2.75) is 13.8 Å². The quantitative estimate of drug-likeness (QED) is 0.865. The number of hydrogen-bond donors (Lipinski definition) is 2. The van der Waals surface area contributed by atoms with E-state index in [0.717, 1.165) is 30.0 Å². The number of hydrogen-bond acceptors (Lipinski definition) is 5. The zero-order chi connectivity index (χ0) is 18.6. The zero-order valence-electron chi connectivity index (χ0n) is 14.6. The van der Waals surface area contributed by atoms with E-state index < -0.39 is 11.9 Å². The number of fused-ring (bicyclic) bond motifs is 1. The predicted octanol–water partition coefficient (Wildman–Crippen LogP) is 1.63. The minimum atomic E-state index is -0.673. The molecule has 3 atom stereocenters. The average molecular weight is 352 g/mol.